The molecule has 0 spiro atoms. The van der Waals surface area contributed by atoms with E-state index in [2.05, 4.69) is 21.2 Å². The number of hydrogen-bond donors (Lipinski definition) is 2. The Hall–Kier alpha value is -0.780. The van der Waals surface area contributed by atoms with Crippen LogP contribution in [-0.2, 0) is 4.79 Å². The van der Waals surface area contributed by atoms with Crippen LogP contribution in [0.3, 0.4) is 0 Å². The van der Waals surface area contributed by atoms with Crippen molar-refractivity contribution in [2.75, 3.05) is 7.11 Å². The summed E-state index contributed by atoms with van der Waals surface area (Å²) in [4.78, 5) is 12.3. The zero-order valence-corrected chi connectivity index (χ0v) is 14.7. The molecular weight excluding hydrogens is 356 g/mol. The SMILES string of the molecule is COc1ccc(C(C)NC(=O)C2(N)CCCC2)cc1Br.Cl. The highest BCUT2D eigenvalue weighted by molar-refractivity contribution is 9.10. The molecule has 1 aromatic carbocycles. The first-order valence-corrected chi connectivity index (χ1v) is 7.69. The van der Waals surface area contributed by atoms with E-state index in [-0.39, 0.29) is 24.4 Å². The monoisotopic (exact) mass is 376 g/mol. The van der Waals surface area contributed by atoms with E-state index in [4.69, 9.17) is 10.5 Å². The molecule has 0 aromatic heterocycles. The predicted octanol–water partition coefficient (Wildman–Crippen LogP) is 3.33. The maximum atomic E-state index is 12.3. The van der Waals surface area contributed by atoms with Gasteiger partial charge in [0.05, 0.1) is 23.2 Å². The van der Waals surface area contributed by atoms with Crippen molar-refractivity contribution >= 4 is 34.2 Å². The van der Waals surface area contributed by atoms with Crippen LogP contribution >= 0.6 is 28.3 Å². The molecule has 118 valence electrons. The molecule has 1 amide bonds. The first-order valence-electron chi connectivity index (χ1n) is 6.89. The fourth-order valence-electron chi connectivity index (χ4n) is 2.61. The number of carbonyl (C=O) groups is 1. The number of benzene rings is 1. The Bertz CT molecular complexity index is 504. The highest BCUT2D eigenvalue weighted by Crippen LogP contribution is 2.30. The van der Waals surface area contributed by atoms with E-state index in [1.54, 1.807) is 7.11 Å². The summed E-state index contributed by atoms with van der Waals surface area (Å²) in [5.74, 6) is 0.729. The highest BCUT2D eigenvalue weighted by atomic mass is 79.9. The van der Waals surface area contributed by atoms with Crippen molar-refractivity contribution in [3.63, 3.8) is 0 Å². The maximum absolute atomic E-state index is 12.3. The Kier molecular flexibility index (Phi) is 6.50. The van der Waals surface area contributed by atoms with Crippen LogP contribution in [0.1, 0.15) is 44.2 Å². The second kappa shape index (κ2) is 7.47. The molecule has 1 fully saturated rings. The van der Waals surface area contributed by atoms with Crippen molar-refractivity contribution < 1.29 is 9.53 Å². The largest absolute Gasteiger partial charge is 0.496 e. The number of rotatable bonds is 4. The molecule has 1 aliphatic rings. The predicted molar refractivity (Wildman–Crippen MR) is 89.9 cm³/mol. The number of methoxy groups -OCH3 is 1. The average Bonchev–Trinajstić information content (AvgIpc) is 2.87. The lowest BCUT2D eigenvalue weighted by atomic mass is 9.97. The van der Waals surface area contributed by atoms with Crippen LogP contribution in [0.2, 0.25) is 0 Å². The Balaban J connectivity index is 0.00000220. The fraction of sp³-hybridized carbons (Fsp3) is 0.533. The molecule has 0 radical (unpaired) electrons. The minimum Gasteiger partial charge on any atom is -0.496 e. The molecule has 0 heterocycles. The molecule has 1 unspecified atom stereocenters. The van der Waals surface area contributed by atoms with E-state index in [1.165, 1.54) is 0 Å². The lowest BCUT2D eigenvalue weighted by Gasteiger charge is -2.25. The molecule has 21 heavy (non-hydrogen) atoms. The van der Waals surface area contributed by atoms with Crippen molar-refractivity contribution in [1.82, 2.24) is 5.32 Å². The third-order valence-corrected chi connectivity index (χ3v) is 4.59. The number of hydrogen-bond acceptors (Lipinski definition) is 3. The van der Waals surface area contributed by atoms with Gasteiger partial charge in [-0.2, -0.15) is 0 Å². The Morgan fingerprint density at radius 1 is 1.43 bits per heavy atom. The van der Waals surface area contributed by atoms with Gasteiger partial charge in [-0.15, -0.1) is 12.4 Å². The molecule has 1 aliphatic carbocycles. The van der Waals surface area contributed by atoms with Gasteiger partial charge in [-0.05, 0) is 53.4 Å². The van der Waals surface area contributed by atoms with Crippen LogP contribution in [0.25, 0.3) is 0 Å². The number of halogens is 2. The van der Waals surface area contributed by atoms with Crippen LogP contribution in [0.5, 0.6) is 5.75 Å². The zero-order chi connectivity index (χ0) is 14.8. The number of ether oxygens (including phenoxy) is 1. The molecular formula is C15H22BrClN2O2. The number of nitrogens with one attached hydrogen (secondary N) is 1. The topological polar surface area (TPSA) is 64.3 Å². The van der Waals surface area contributed by atoms with E-state index >= 15 is 0 Å². The third kappa shape index (κ3) is 4.11. The molecule has 0 saturated heterocycles. The van der Waals surface area contributed by atoms with Crippen LogP contribution in [-0.4, -0.2) is 18.6 Å². The van der Waals surface area contributed by atoms with Gasteiger partial charge in [0.2, 0.25) is 5.91 Å². The van der Waals surface area contributed by atoms with Gasteiger partial charge in [0.15, 0.2) is 0 Å². The third-order valence-electron chi connectivity index (χ3n) is 3.97. The molecule has 1 saturated carbocycles. The molecule has 1 atom stereocenters. The van der Waals surface area contributed by atoms with E-state index in [0.29, 0.717) is 0 Å². The van der Waals surface area contributed by atoms with Crippen molar-refractivity contribution in [2.45, 2.75) is 44.2 Å². The van der Waals surface area contributed by atoms with Crippen LogP contribution in [0.4, 0.5) is 0 Å². The highest BCUT2D eigenvalue weighted by Gasteiger charge is 2.37. The van der Waals surface area contributed by atoms with Crippen molar-refractivity contribution in [1.29, 1.82) is 0 Å². The summed E-state index contributed by atoms with van der Waals surface area (Å²) in [6.07, 6.45) is 3.62. The summed E-state index contributed by atoms with van der Waals surface area (Å²) >= 11 is 3.46. The first kappa shape index (κ1) is 18.3. The quantitative estimate of drug-likeness (QED) is 0.846. The Morgan fingerprint density at radius 3 is 2.57 bits per heavy atom. The molecule has 0 bridgehead atoms. The number of amides is 1. The van der Waals surface area contributed by atoms with Crippen molar-refractivity contribution in [3.05, 3.63) is 28.2 Å². The lowest BCUT2D eigenvalue weighted by molar-refractivity contribution is -0.126. The maximum Gasteiger partial charge on any atom is 0.240 e. The number of nitrogens with two attached hydrogens (primary N) is 1. The molecule has 1 aromatic rings. The van der Waals surface area contributed by atoms with E-state index in [9.17, 15) is 4.79 Å². The summed E-state index contributed by atoms with van der Waals surface area (Å²) in [7, 11) is 1.63. The van der Waals surface area contributed by atoms with Crippen LogP contribution in [0, 0.1) is 0 Å². The number of carbonyl (C=O) groups excluding carboxylic acids is 1. The minimum atomic E-state index is -0.683. The van der Waals surface area contributed by atoms with Crippen molar-refractivity contribution in [2.24, 2.45) is 5.73 Å². The molecule has 3 N–H and O–H groups in total. The molecule has 0 aliphatic heterocycles. The second-order valence-electron chi connectivity index (χ2n) is 5.45. The van der Waals surface area contributed by atoms with Crippen LogP contribution in [0.15, 0.2) is 22.7 Å². The van der Waals surface area contributed by atoms with Gasteiger partial charge in [-0.1, -0.05) is 18.9 Å². The van der Waals surface area contributed by atoms with Gasteiger partial charge in [0.25, 0.3) is 0 Å². The normalized spacial score (nSPS) is 17.7. The Morgan fingerprint density at radius 2 is 2.05 bits per heavy atom. The molecule has 4 nitrogen and oxygen atoms in total. The summed E-state index contributed by atoms with van der Waals surface area (Å²) in [6.45, 7) is 1.96. The van der Waals surface area contributed by atoms with Gasteiger partial charge in [0.1, 0.15) is 5.75 Å². The average molecular weight is 378 g/mol. The minimum absolute atomic E-state index is 0. The fourth-order valence-corrected chi connectivity index (χ4v) is 3.17. The summed E-state index contributed by atoms with van der Waals surface area (Å²) in [5.41, 5.74) is 6.50. The van der Waals surface area contributed by atoms with Crippen LogP contribution < -0.4 is 15.8 Å². The zero-order valence-electron chi connectivity index (χ0n) is 12.3. The summed E-state index contributed by atoms with van der Waals surface area (Å²) in [6, 6.07) is 5.72. The van der Waals surface area contributed by atoms with Gasteiger partial charge in [-0.3, -0.25) is 4.79 Å². The van der Waals surface area contributed by atoms with E-state index in [1.807, 2.05) is 25.1 Å². The molecule has 6 heteroatoms. The smallest absolute Gasteiger partial charge is 0.240 e. The van der Waals surface area contributed by atoms with Crippen molar-refractivity contribution in [3.8, 4) is 5.75 Å². The summed E-state index contributed by atoms with van der Waals surface area (Å²) in [5, 5.41) is 3.02. The Labute approximate surface area is 140 Å². The standard InChI is InChI=1S/C15H21BrN2O2.ClH/c1-10(11-5-6-13(20-2)12(16)9-11)18-14(19)15(17)7-3-4-8-15;/h5-6,9-10H,3-4,7-8,17H2,1-2H3,(H,18,19);1H. The lowest BCUT2D eigenvalue weighted by Crippen LogP contribution is -2.52. The molecule has 2 rings (SSSR count). The van der Waals surface area contributed by atoms with Gasteiger partial charge in [0, 0.05) is 0 Å². The van der Waals surface area contributed by atoms with E-state index in [0.717, 1.165) is 41.5 Å². The van der Waals surface area contributed by atoms with Gasteiger partial charge < -0.3 is 15.8 Å². The van der Waals surface area contributed by atoms with Gasteiger partial charge in [-0.25, -0.2) is 0 Å². The summed E-state index contributed by atoms with van der Waals surface area (Å²) < 4.78 is 6.08. The van der Waals surface area contributed by atoms with Gasteiger partial charge >= 0.3 is 0 Å². The van der Waals surface area contributed by atoms with E-state index < -0.39 is 5.54 Å². The second-order valence-corrected chi connectivity index (χ2v) is 6.31. The first-order chi connectivity index (χ1) is 9.46.